The van der Waals surface area contributed by atoms with Crippen LogP contribution in [0.1, 0.15) is 12.1 Å². The molecule has 4 rings (SSSR count). The molecule has 0 bridgehead atoms. The number of benzene rings is 1. The van der Waals surface area contributed by atoms with E-state index in [0.717, 1.165) is 10.6 Å². The molecule has 1 aliphatic rings. The number of nitrogens with zero attached hydrogens (tertiary/aromatic N) is 4. The maximum Gasteiger partial charge on any atom is 0.231 e. The van der Waals surface area contributed by atoms with Crippen LogP contribution in [-0.2, 0) is 16.6 Å². The molecule has 1 fully saturated rings. The fourth-order valence-electron chi connectivity index (χ4n) is 3.33. The zero-order valence-electron chi connectivity index (χ0n) is 16.6. The normalized spacial score (nSPS) is 16.2. The minimum atomic E-state index is -0.461. The van der Waals surface area contributed by atoms with Crippen molar-refractivity contribution in [3.63, 3.8) is 0 Å². The zero-order valence-corrected chi connectivity index (χ0v) is 18.3. The van der Waals surface area contributed by atoms with Gasteiger partial charge in [-0.3, -0.25) is 14.7 Å². The predicted octanol–water partition coefficient (Wildman–Crippen LogP) is 2.91. The Morgan fingerprint density at radius 3 is 2.93 bits per heavy atom. The number of carbonyl (C=O) groups excluding carboxylic acids is 2. The van der Waals surface area contributed by atoms with Crippen LogP contribution in [-0.4, -0.2) is 45.2 Å². The summed E-state index contributed by atoms with van der Waals surface area (Å²) in [6, 6.07) is 7.24. The van der Waals surface area contributed by atoms with Crippen LogP contribution >= 0.6 is 23.6 Å². The summed E-state index contributed by atoms with van der Waals surface area (Å²) in [4.78, 5) is 32.2. The number of amides is 2. The lowest BCUT2D eigenvalue weighted by atomic mass is 10.1. The Morgan fingerprint density at radius 2 is 2.23 bits per heavy atom. The molecule has 11 heteroatoms. The van der Waals surface area contributed by atoms with E-state index in [0.29, 0.717) is 33.7 Å². The van der Waals surface area contributed by atoms with Gasteiger partial charge in [-0.25, -0.2) is 4.98 Å². The highest BCUT2D eigenvalue weighted by atomic mass is 32.1. The Balaban J connectivity index is 1.48. The monoisotopic (exact) mass is 444 g/mol. The van der Waals surface area contributed by atoms with Gasteiger partial charge in [-0.15, -0.1) is 0 Å². The topological polar surface area (TPSA) is 105 Å². The number of methoxy groups -OCH3 is 1. The lowest BCUT2D eigenvalue weighted by molar-refractivity contribution is -0.122. The molecule has 30 heavy (non-hydrogen) atoms. The van der Waals surface area contributed by atoms with Crippen LogP contribution in [0.25, 0.3) is 10.7 Å². The molecule has 2 aromatic heterocycles. The van der Waals surface area contributed by atoms with Gasteiger partial charge in [0.05, 0.1) is 23.6 Å². The van der Waals surface area contributed by atoms with Gasteiger partial charge in [0.1, 0.15) is 5.75 Å². The standard InChI is InChI=1S/C19H20N6O3S2/c1-10-15(16-22-23-19(29)24(16)2)30-18(20-10)21-17(27)11-7-14(26)25(9-11)12-5-4-6-13(8-12)28-3/h4-6,8,11H,7,9H2,1-3H3,(H,23,29)(H,20,21,27)/t11-/m1/s1. The molecule has 0 saturated carbocycles. The molecular formula is C19H20N6O3S2. The van der Waals surface area contributed by atoms with E-state index in [2.05, 4.69) is 20.5 Å². The molecule has 0 spiro atoms. The summed E-state index contributed by atoms with van der Waals surface area (Å²) in [5.41, 5.74) is 1.46. The van der Waals surface area contributed by atoms with E-state index in [4.69, 9.17) is 17.0 Å². The summed E-state index contributed by atoms with van der Waals surface area (Å²) in [5.74, 6) is 0.533. The molecular weight excluding hydrogens is 424 g/mol. The maximum absolute atomic E-state index is 12.8. The zero-order chi connectivity index (χ0) is 21.4. The van der Waals surface area contributed by atoms with Crippen LogP contribution in [0, 0.1) is 17.6 Å². The van der Waals surface area contributed by atoms with E-state index in [1.807, 2.05) is 32.2 Å². The van der Waals surface area contributed by atoms with E-state index < -0.39 is 5.92 Å². The van der Waals surface area contributed by atoms with E-state index >= 15 is 0 Å². The van der Waals surface area contributed by atoms with Crippen molar-refractivity contribution in [3.8, 4) is 16.5 Å². The summed E-state index contributed by atoms with van der Waals surface area (Å²) < 4.78 is 7.48. The number of rotatable bonds is 5. The molecule has 3 heterocycles. The number of aryl methyl sites for hydroxylation is 1. The smallest absolute Gasteiger partial charge is 0.231 e. The Kier molecular flexibility index (Phi) is 5.39. The Hall–Kier alpha value is -3.05. The second kappa shape index (κ2) is 8.00. The number of H-pyrrole nitrogens is 1. The van der Waals surface area contributed by atoms with Gasteiger partial charge < -0.3 is 19.5 Å². The largest absolute Gasteiger partial charge is 0.497 e. The first-order valence-electron chi connectivity index (χ1n) is 9.22. The highest BCUT2D eigenvalue weighted by Crippen LogP contribution is 2.33. The number of aromatic amines is 1. The van der Waals surface area contributed by atoms with Gasteiger partial charge in [-0.2, -0.15) is 5.10 Å². The van der Waals surface area contributed by atoms with Crippen molar-refractivity contribution in [1.29, 1.82) is 0 Å². The molecule has 9 nitrogen and oxygen atoms in total. The van der Waals surface area contributed by atoms with Crippen LogP contribution in [0.15, 0.2) is 24.3 Å². The number of hydrogen-bond donors (Lipinski definition) is 2. The number of anilines is 2. The third kappa shape index (κ3) is 3.73. The van der Waals surface area contributed by atoms with E-state index in [-0.39, 0.29) is 18.2 Å². The molecule has 3 aromatic rings. The van der Waals surface area contributed by atoms with Gasteiger partial charge in [-0.05, 0) is 31.3 Å². The van der Waals surface area contributed by atoms with Crippen LogP contribution in [0.4, 0.5) is 10.8 Å². The van der Waals surface area contributed by atoms with E-state index in [1.54, 1.807) is 22.6 Å². The molecule has 0 radical (unpaired) electrons. The number of aromatic nitrogens is 4. The predicted molar refractivity (Wildman–Crippen MR) is 116 cm³/mol. The molecule has 2 amide bonds. The van der Waals surface area contributed by atoms with Crippen molar-refractivity contribution in [2.45, 2.75) is 13.3 Å². The fourth-order valence-corrected chi connectivity index (χ4v) is 4.45. The highest BCUT2D eigenvalue weighted by Gasteiger charge is 2.35. The average Bonchev–Trinajstić information content (AvgIpc) is 3.39. The van der Waals surface area contributed by atoms with E-state index in [9.17, 15) is 9.59 Å². The van der Waals surface area contributed by atoms with Crippen LogP contribution in [0.3, 0.4) is 0 Å². The maximum atomic E-state index is 12.8. The van der Waals surface area contributed by atoms with Gasteiger partial charge in [0.15, 0.2) is 15.7 Å². The lowest BCUT2D eigenvalue weighted by Gasteiger charge is -2.17. The minimum absolute atomic E-state index is 0.0964. The molecule has 0 aliphatic carbocycles. The Labute approximate surface area is 181 Å². The number of hydrogen-bond acceptors (Lipinski definition) is 7. The molecule has 1 atom stereocenters. The van der Waals surface area contributed by atoms with Gasteiger partial charge >= 0.3 is 0 Å². The SMILES string of the molecule is COc1cccc(N2C[C@H](C(=O)Nc3nc(C)c(-c4n[nH]c(=S)n4C)s3)CC2=O)c1. The molecule has 1 aliphatic heterocycles. The minimum Gasteiger partial charge on any atom is -0.497 e. The van der Waals surface area contributed by atoms with Crippen molar-refractivity contribution in [3.05, 3.63) is 34.7 Å². The highest BCUT2D eigenvalue weighted by molar-refractivity contribution is 7.71. The van der Waals surface area contributed by atoms with Crippen molar-refractivity contribution in [2.75, 3.05) is 23.9 Å². The van der Waals surface area contributed by atoms with Gasteiger partial charge in [-0.1, -0.05) is 17.4 Å². The van der Waals surface area contributed by atoms with Crippen LogP contribution < -0.4 is 15.0 Å². The fraction of sp³-hybridized carbons (Fsp3) is 0.316. The Bertz CT molecular complexity index is 1180. The Morgan fingerprint density at radius 1 is 1.43 bits per heavy atom. The van der Waals surface area contributed by atoms with Crippen molar-refractivity contribution in [1.82, 2.24) is 19.7 Å². The number of nitrogens with one attached hydrogen (secondary N) is 2. The molecule has 156 valence electrons. The summed E-state index contributed by atoms with van der Waals surface area (Å²) in [6.45, 7) is 2.16. The summed E-state index contributed by atoms with van der Waals surface area (Å²) in [7, 11) is 3.39. The second-order valence-electron chi connectivity index (χ2n) is 6.94. The number of carbonyl (C=O) groups is 2. The first-order chi connectivity index (χ1) is 14.4. The summed E-state index contributed by atoms with van der Waals surface area (Å²) in [6.07, 6.45) is 0.147. The third-order valence-electron chi connectivity index (χ3n) is 4.97. The quantitative estimate of drug-likeness (QED) is 0.586. The molecule has 2 N–H and O–H groups in total. The summed E-state index contributed by atoms with van der Waals surface area (Å²) >= 11 is 6.48. The van der Waals surface area contributed by atoms with Crippen LogP contribution in [0.2, 0.25) is 0 Å². The summed E-state index contributed by atoms with van der Waals surface area (Å²) in [5, 5.41) is 10.3. The molecule has 0 unspecified atom stereocenters. The average molecular weight is 445 g/mol. The van der Waals surface area contributed by atoms with E-state index in [1.165, 1.54) is 11.3 Å². The lowest BCUT2D eigenvalue weighted by Crippen LogP contribution is -2.28. The third-order valence-corrected chi connectivity index (χ3v) is 6.40. The number of ether oxygens (including phenoxy) is 1. The van der Waals surface area contributed by atoms with Crippen molar-refractivity contribution >= 4 is 46.2 Å². The van der Waals surface area contributed by atoms with Crippen molar-refractivity contribution < 1.29 is 14.3 Å². The van der Waals surface area contributed by atoms with Crippen LogP contribution in [0.5, 0.6) is 5.75 Å². The second-order valence-corrected chi connectivity index (χ2v) is 8.33. The van der Waals surface area contributed by atoms with Gasteiger partial charge in [0.25, 0.3) is 0 Å². The molecule has 1 saturated heterocycles. The number of thiazole rings is 1. The first kappa shape index (κ1) is 20.2. The first-order valence-corrected chi connectivity index (χ1v) is 10.4. The van der Waals surface area contributed by atoms with Crippen molar-refractivity contribution in [2.24, 2.45) is 13.0 Å². The van der Waals surface area contributed by atoms with Gasteiger partial charge in [0, 0.05) is 31.8 Å². The van der Waals surface area contributed by atoms with Gasteiger partial charge in [0.2, 0.25) is 11.8 Å². The molecule has 1 aromatic carbocycles.